The number of hydrogen-bond acceptors (Lipinski definition) is 4. The van der Waals surface area contributed by atoms with E-state index in [4.69, 9.17) is 5.73 Å². The van der Waals surface area contributed by atoms with Gasteiger partial charge in [0, 0.05) is 38.8 Å². The fourth-order valence-electron chi connectivity index (χ4n) is 2.15. The number of nitrogens with one attached hydrogen (secondary N) is 1. The molecule has 0 amide bonds. The van der Waals surface area contributed by atoms with E-state index in [1.165, 1.54) is 0 Å². The van der Waals surface area contributed by atoms with Crippen molar-refractivity contribution in [3.63, 3.8) is 0 Å². The van der Waals surface area contributed by atoms with E-state index in [0.29, 0.717) is 25.6 Å². The summed E-state index contributed by atoms with van der Waals surface area (Å²) in [4.78, 5) is 2.29. The molecule has 106 valence electrons. The van der Waals surface area contributed by atoms with E-state index in [9.17, 15) is 8.42 Å². The SMILES string of the molecule is CC(CN)CN1CCN(S(=O)(=O)NC2CC2)CC1. The average Bonchev–Trinajstić information content (AvgIpc) is 3.13. The molecule has 0 spiro atoms. The number of hydrogen-bond donors (Lipinski definition) is 2. The van der Waals surface area contributed by atoms with Gasteiger partial charge in [-0.25, -0.2) is 0 Å². The molecule has 2 aliphatic rings. The molecule has 1 aliphatic carbocycles. The maximum atomic E-state index is 12.0. The third-order valence-corrected chi connectivity index (χ3v) is 5.21. The Morgan fingerprint density at radius 3 is 2.39 bits per heavy atom. The minimum Gasteiger partial charge on any atom is -0.330 e. The summed E-state index contributed by atoms with van der Waals surface area (Å²) in [5.74, 6) is 0.470. The van der Waals surface area contributed by atoms with Crippen LogP contribution in [0.15, 0.2) is 0 Å². The van der Waals surface area contributed by atoms with E-state index in [1.807, 2.05) is 0 Å². The zero-order valence-corrected chi connectivity index (χ0v) is 11.8. The highest BCUT2D eigenvalue weighted by Gasteiger charge is 2.32. The van der Waals surface area contributed by atoms with Gasteiger partial charge < -0.3 is 10.6 Å². The number of nitrogens with zero attached hydrogens (tertiary/aromatic N) is 2. The van der Waals surface area contributed by atoms with E-state index < -0.39 is 10.2 Å². The summed E-state index contributed by atoms with van der Waals surface area (Å²) in [5.41, 5.74) is 5.60. The van der Waals surface area contributed by atoms with Crippen LogP contribution >= 0.6 is 0 Å². The van der Waals surface area contributed by atoms with Gasteiger partial charge in [-0.3, -0.25) is 0 Å². The minimum atomic E-state index is -3.25. The minimum absolute atomic E-state index is 0.185. The first-order valence-corrected chi connectivity index (χ1v) is 8.15. The topological polar surface area (TPSA) is 78.7 Å². The summed E-state index contributed by atoms with van der Waals surface area (Å²) in [6, 6.07) is 0.185. The maximum absolute atomic E-state index is 12.0. The smallest absolute Gasteiger partial charge is 0.279 e. The van der Waals surface area contributed by atoms with Crippen LogP contribution in [0, 0.1) is 5.92 Å². The van der Waals surface area contributed by atoms with E-state index in [1.54, 1.807) is 4.31 Å². The highest BCUT2D eigenvalue weighted by molar-refractivity contribution is 7.87. The Morgan fingerprint density at radius 2 is 1.89 bits per heavy atom. The lowest BCUT2D eigenvalue weighted by Crippen LogP contribution is -2.53. The van der Waals surface area contributed by atoms with E-state index >= 15 is 0 Å². The molecule has 0 bridgehead atoms. The quantitative estimate of drug-likeness (QED) is 0.665. The summed E-state index contributed by atoms with van der Waals surface area (Å²) in [5, 5.41) is 0. The van der Waals surface area contributed by atoms with Gasteiger partial charge in [0.05, 0.1) is 0 Å². The first-order chi connectivity index (χ1) is 8.51. The normalized spacial score (nSPS) is 25.2. The van der Waals surface area contributed by atoms with Gasteiger partial charge in [-0.1, -0.05) is 6.92 Å². The molecule has 1 unspecified atom stereocenters. The van der Waals surface area contributed by atoms with Crippen molar-refractivity contribution in [3.8, 4) is 0 Å². The van der Waals surface area contributed by atoms with Gasteiger partial charge >= 0.3 is 0 Å². The van der Waals surface area contributed by atoms with E-state index in [-0.39, 0.29) is 6.04 Å². The average molecular weight is 276 g/mol. The van der Waals surface area contributed by atoms with Gasteiger partial charge in [0.2, 0.25) is 0 Å². The van der Waals surface area contributed by atoms with Crippen LogP contribution in [0.4, 0.5) is 0 Å². The molecule has 1 heterocycles. The second kappa shape index (κ2) is 5.83. The maximum Gasteiger partial charge on any atom is 0.279 e. The summed E-state index contributed by atoms with van der Waals surface area (Å²) in [6.45, 7) is 6.53. The summed E-state index contributed by atoms with van der Waals surface area (Å²) in [7, 11) is -3.25. The first kappa shape index (κ1) is 14.2. The van der Waals surface area contributed by atoms with Crippen LogP contribution in [-0.2, 0) is 10.2 Å². The molecule has 0 aromatic rings. The largest absolute Gasteiger partial charge is 0.330 e. The van der Waals surface area contributed by atoms with Crippen LogP contribution in [0.3, 0.4) is 0 Å². The van der Waals surface area contributed by atoms with E-state index in [2.05, 4.69) is 16.5 Å². The molecule has 1 aliphatic heterocycles. The number of rotatable bonds is 6. The third kappa shape index (κ3) is 3.89. The van der Waals surface area contributed by atoms with Crippen molar-refractivity contribution in [2.45, 2.75) is 25.8 Å². The third-order valence-electron chi connectivity index (χ3n) is 3.54. The highest BCUT2D eigenvalue weighted by Crippen LogP contribution is 2.21. The summed E-state index contributed by atoms with van der Waals surface area (Å²) in [6.07, 6.45) is 1.96. The molecule has 2 fully saturated rings. The predicted octanol–water partition coefficient (Wildman–Crippen LogP) is -0.804. The van der Waals surface area contributed by atoms with Gasteiger partial charge in [-0.15, -0.1) is 0 Å². The molecular weight excluding hydrogens is 252 g/mol. The molecule has 1 saturated heterocycles. The van der Waals surface area contributed by atoms with Gasteiger partial charge in [-0.2, -0.15) is 17.4 Å². The van der Waals surface area contributed by atoms with Crippen LogP contribution in [0.1, 0.15) is 19.8 Å². The van der Waals surface area contributed by atoms with Crippen molar-refractivity contribution in [2.75, 3.05) is 39.3 Å². The second-order valence-electron chi connectivity index (χ2n) is 5.44. The Balaban J connectivity index is 1.78. The van der Waals surface area contributed by atoms with E-state index in [0.717, 1.165) is 32.5 Å². The van der Waals surface area contributed by atoms with Gasteiger partial charge in [0.15, 0.2) is 0 Å². The van der Waals surface area contributed by atoms with Crippen LogP contribution < -0.4 is 10.5 Å². The van der Waals surface area contributed by atoms with Crippen molar-refractivity contribution < 1.29 is 8.42 Å². The number of piperazine rings is 1. The molecule has 0 radical (unpaired) electrons. The van der Waals surface area contributed by atoms with Crippen LogP contribution in [0.2, 0.25) is 0 Å². The van der Waals surface area contributed by atoms with Crippen molar-refractivity contribution >= 4 is 10.2 Å². The predicted molar refractivity (Wildman–Crippen MR) is 71.3 cm³/mol. The van der Waals surface area contributed by atoms with Crippen LogP contribution in [0.5, 0.6) is 0 Å². The number of nitrogens with two attached hydrogens (primary N) is 1. The molecule has 18 heavy (non-hydrogen) atoms. The zero-order valence-electron chi connectivity index (χ0n) is 11.0. The molecule has 6 nitrogen and oxygen atoms in total. The monoisotopic (exact) mass is 276 g/mol. The molecule has 1 saturated carbocycles. The molecule has 1 atom stereocenters. The Morgan fingerprint density at radius 1 is 1.28 bits per heavy atom. The fourth-order valence-corrected chi connectivity index (χ4v) is 3.60. The summed E-state index contributed by atoms with van der Waals surface area (Å²) < 4.78 is 28.3. The van der Waals surface area contributed by atoms with Crippen molar-refractivity contribution in [3.05, 3.63) is 0 Å². The molecule has 3 N–H and O–H groups in total. The van der Waals surface area contributed by atoms with Crippen molar-refractivity contribution in [1.29, 1.82) is 0 Å². The first-order valence-electron chi connectivity index (χ1n) is 6.71. The highest BCUT2D eigenvalue weighted by atomic mass is 32.2. The Hall–Kier alpha value is -0.210. The van der Waals surface area contributed by atoms with Gasteiger partial charge in [0.25, 0.3) is 10.2 Å². The second-order valence-corrected chi connectivity index (χ2v) is 7.14. The summed E-state index contributed by atoms with van der Waals surface area (Å²) >= 11 is 0. The Labute approximate surface area is 110 Å². The molecule has 0 aromatic heterocycles. The Bertz CT molecular complexity index is 361. The lowest BCUT2D eigenvalue weighted by molar-refractivity contribution is 0.169. The standard InChI is InChI=1S/C11H24N4O2S/c1-10(8-12)9-14-4-6-15(7-5-14)18(16,17)13-11-2-3-11/h10-11,13H,2-9,12H2,1H3. The lowest BCUT2D eigenvalue weighted by Gasteiger charge is -2.35. The van der Waals surface area contributed by atoms with Crippen LogP contribution in [0.25, 0.3) is 0 Å². The molecule has 7 heteroatoms. The molecular formula is C11H24N4O2S. The van der Waals surface area contributed by atoms with Crippen molar-refractivity contribution in [2.24, 2.45) is 11.7 Å². The molecule has 2 rings (SSSR count). The lowest BCUT2D eigenvalue weighted by atomic mass is 10.1. The van der Waals surface area contributed by atoms with Crippen molar-refractivity contribution in [1.82, 2.24) is 13.9 Å². The van der Waals surface area contributed by atoms with Gasteiger partial charge in [0.1, 0.15) is 0 Å². The fraction of sp³-hybridized carbons (Fsp3) is 1.00. The Kier molecular flexibility index (Phi) is 4.60. The van der Waals surface area contributed by atoms with Gasteiger partial charge in [-0.05, 0) is 25.3 Å². The van der Waals surface area contributed by atoms with Crippen LogP contribution in [-0.4, -0.2) is 62.9 Å². The molecule has 0 aromatic carbocycles. The zero-order chi connectivity index (χ0) is 13.2.